The number of amides is 1. The zero-order valence-corrected chi connectivity index (χ0v) is 17.7. The van der Waals surface area contributed by atoms with Crippen molar-refractivity contribution in [2.75, 3.05) is 10.2 Å². The standard InChI is InChI=1S/C24H18FN7O2/c25-18-10-21-20(32-14-28-11-16(32)12-34-21)9-17(18)24(33)30-22-8-4-7-19(29-22)23(27)31(13-26)15-5-2-1-3-6-15/h1-11,13-14,26-27H,12H2,(H,29,30,33). The number of hydrogen-bond donors (Lipinski definition) is 3. The van der Waals surface area contributed by atoms with E-state index >= 15 is 0 Å². The van der Waals surface area contributed by atoms with Crippen LogP contribution in [0.4, 0.5) is 15.9 Å². The molecule has 0 saturated carbocycles. The number of rotatable bonds is 5. The average Bonchev–Trinajstić information content (AvgIpc) is 3.34. The van der Waals surface area contributed by atoms with Crippen LogP contribution in [0.2, 0.25) is 0 Å². The van der Waals surface area contributed by atoms with Crippen LogP contribution in [0.15, 0.2) is 73.2 Å². The molecule has 168 valence electrons. The maximum Gasteiger partial charge on any atom is 0.259 e. The molecule has 3 N–H and O–H groups in total. The minimum absolute atomic E-state index is 0.0537. The monoisotopic (exact) mass is 455 g/mol. The van der Waals surface area contributed by atoms with Gasteiger partial charge in [0.05, 0.1) is 35.8 Å². The van der Waals surface area contributed by atoms with Gasteiger partial charge in [-0.25, -0.2) is 14.4 Å². The van der Waals surface area contributed by atoms with Crippen LogP contribution >= 0.6 is 0 Å². The number of nitrogens with one attached hydrogen (secondary N) is 3. The Labute approximate surface area is 193 Å². The van der Waals surface area contributed by atoms with Crippen LogP contribution in [0, 0.1) is 16.6 Å². The number of benzene rings is 2. The molecule has 0 bridgehead atoms. The molecule has 3 heterocycles. The Morgan fingerprint density at radius 2 is 2.00 bits per heavy atom. The Bertz CT molecular complexity index is 1420. The molecule has 0 saturated heterocycles. The lowest BCUT2D eigenvalue weighted by Gasteiger charge is -2.21. The predicted molar refractivity (Wildman–Crippen MR) is 125 cm³/mol. The van der Waals surface area contributed by atoms with Gasteiger partial charge < -0.3 is 10.1 Å². The molecule has 34 heavy (non-hydrogen) atoms. The van der Waals surface area contributed by atoms with Gasteiger partial charge in [-0.05, 0) is 30.3 Å². The van der Waals surface area contributed by atoms with Gasteiger partial charge in [-0.15, -0.1) is 0 Å². The molecule has 9 nitrogen and oxygen atoms in total. The minimum Gasteiger partial charge on any atom is -0.485 e. The second-order valence-electron chi connectivity index (χ2n) is 7.39. The zero-order chi connectivity index (χ0) is 23.7. The van der Waals surface area contributed by atoms with Gasteiger partial charge in [0.15, 0.2) is 5.84 Å². The van der Waals surface area contributed by atoms with Crippen molar-refractivity contribution in [1.82, 2.24) is 14.5 Å². The van der Waals surface area contributed by atoms with Crippen molar-refractivity contribution in [2.45, 2.75) is 6.61 Å². The van der Waals surface area contributed by atoms with Crippen LogP contribution in [-0.4, -0.2) is 32.6 Å². The molecule has 1 amide bonds. The molecule has 0 unspecified atom stereocenters. The molecule has 2 aromatic carbocycles. The van der Waals surface area contributed by atoms with E-state index in [0.717, 1.165) is 12.0 Å². The normalized spacial score (nSPS) is 11.6. The summed E-state index contributed by atoms with van der Waals surface area (Å²) in [6.45, 7) is 0.260. The zero-order valence-electron chi connectivity index (χ0n) is 17.7. The van der Waals surface area contributed by atoms with Gasteiger partial charge in [0.2, 0.25) is 0 Å². The first-order chi connectivity index (χ1) is 16.5. The summed E-state index contributed by atoms with van der Waals surface area (Å²) in [6.07, 6.45) is 4.23. The summed E-state index contributed by atoms with van der Waals surface area (Å²) < 4.78 is 22.0. The molecule has 1 aliphatic rings. The first-order valence-electron chi connectivity index (χ1n) is 10.3. The molecule has 0 spiro atoms. The number of nitrogens with zero attached hydrogens (tertiary/aromatic N) is 4. The number of aromatic nitrogens is 3. The number of halogens is 1. The molecule has 0 fully saturated rings. The van der Waals surface area contributed by atoms with Gasteiger partial charge in [0.25, 0.3) is 5.91 Å². The molecule has 0 radical (unpaired) electrons. The van der Waals surface area contributed by atoms with Crippen LogP contribution in [0.3, 0.4) is 0 Å². The van der Waals surface area contributed by atoms with E-state index in [9.17, 15) is 9.18 Å². The van der Waals surface area contributed by atoms with Gasteiger partial charge in [0, 0.05) is 11.8 Å². The fourth-order valence-electron chi connectivity index (χ4n) is 3.62. The highest BCUT2D eigenvalue weighted by atomic mass is 19.1. The van der Waals surface area contributed by atoms with E-state index in [1.807, 2.05) is 6.07 Å². The largest absolute Gasteiger partial charge is 0.485 e. The maximum absolute atomic E-state index is 14.7. The fraction of sp³-hybridized carbons (Fsp3) is 0.0417. The average molecular weight is 455 g/mol. The summed E-state index contributed by atoms with van der Waals surface area (Å²) in [4.78, 5) is 22.6. The second kappa shape index (κ2) is 8.58. The summed E-state index contributed by atoms with van der Waals surface area (Å²) >= 11 is 0. The van der Waals surface area contributed by atoms with Crippen LogP contribution < -0.4 is 15.0 Å². The fourth-order valence-corrected chi connectivity index (χ4v) is 3.62. The predicted octanol–water partition coefficient (Wildman–Crippen LogP) is 3.99. The number of fused-ring (bicyclic) bond motifs is 3. The lowest BCUT2D eigenvalue weighted by molar-refractivity contribution is 0.102. The molecular weight excluding hydrogens is 437 g/mol. The molecule has 2 aromatic heterocycles. The van der Waals surface area contributed by atoms with E-state index < -0.39 is 11.7 Å². The molecular formula is C24H18FN7O2. The van der Waals surface area contributed by atoms with Crippen LogP contribution in [-0.2, 0) is 6.61 Å². The van der Waals surface area contributed by atoms with Crippen LogP contribution in [0.5, 0.6) is 5.75 Å². The molecule has 10 heteroatoms. The van der Waals surface area contributed by atoms with Crippen molar-refractivity contribution in [3.8, 4) is 11.4 Å². The summed E-state index contributed by atoms with van der Waals surface area (Å²) in [5.41, 5.74) is 1.96. The number of amidine groups is 1. The van der Waals surface area contributed by atoms with E-state index in [-0.39, 0.29) is 29.5 Å². The number of anilines is 2. The number of para-hydroxylation sites is 1. The van der Waals surface area contributed by atoms with Crippen molar-refractivity contribution < 1.29 is 13.9 Å². The quantitative estimate of drug-likeness (QED) is 0.310. The molecule has 5 rings (SSSR count). The first kappa shape index (κ1) is 21.0. The molecule has 0 atom stereocenters. The number of imidazole rings is 1. The molecule has 4 aromatic rings. The summed E-state index contributed by atoms with van der Waals surface area (Å²) in [5.74, 6) is -1.02. The molecule has 0 aliphatic carbocycles. The number of pyridine rings is 1. The summed E-state index contributed by atoms with van der Waals surface area (Å²) in [6, 6.07) is 16.3. The maximum atomic E-state index is 14.7. The van der Waals surface area contributed by atoms with E-state index in [1.165, 1.54) is 17.0 Å². The van der Waals surface area contributed by atoms with E-state index in [1.54, 1.807) is 59.6 Å². The topological polar surface area (TPSA) is 120 Å². The number of carbonyl (C=O) groups excluding carboxylic acids is 1. The van der Waals surface area contributed by atoms with Crippen LogP contribution in [0.25, 0.3) is 5.69 Å². The van der Waals surface area contributed by atoms with Gasteiger partial charge in [0.1, 0.15) is 29.7 Å². The Balaban J connectivity index is 1.40. The highest BCUT2D eigenvalue weighted by molar-refractivity contribution is 6.16. The molecule has 1 aliphatic heterocycles. The van der Waals surface area contributed by atoms with E-state index in [4.69, 9.17) is 15.6 Å². The van der Waals surface area contributed by atoms with Crippen molar-refractivity contribution in [3.63, 3.8) is 0 Å². The Morgan fingerprint density at radius 1 is 1.18 bits per heavy atom. The smallest absolute Gasteiger partial charge is 0.259 e. The number of carbonyl (C=O) groups is 1. The lowest BCUT2D eigenvalue weighted by atomic mass is 10.1. The summed E-state index contributed by atoms with van der Waals surface area (Å²) in [7, 11) is 0. The van der Waals surface area contributed by atoms with E-state index in [2.05, 4.69) is 15.3 Å². The third-order valence-electron chi connectivity index (χ3n) is 5.28. The Morgan fingerprint density at radius 3 is 2.79 bits per heavy atom. The highest BCUT2D eigenvalue weighted by Crippen LogP contribution is 2.32. The minimum atomic E-state index is -0.734. The summed E-state index contributed by atoms with van der Waals surface area (Å²) in [5, 5.41) is 18.8. The van der Waals surface area contributed by atoms with Gasteiger partial charge in [-0.1, -0.05) is 24.3 Å². The number of ether oxygens (including phenoxy) is 1. The van der Waals surface area contributed by atoms with Crippen molar-refractivity contribution in [1.29, 1.82) is 10.8 Å². The second-order valence-corrected chi connectivity index (χ2v) is 7.39. The third-order valence-corrected chi connectivity index (χ3v) is 5.28. The lowest BCUT2D eigenvalue weighted by Crippen LogP contribution is -2.30. The number of hydrogen-bond acceptors (Lipinski definition) is 6. The van der Waals surface area contributed by atoms with Crippen molar-refractivity contribution in [2.24, 2.45) is 0 Å². The Hall–Kier alpha value is -4.86. The van der Waals surface area contributed by atoms with Crippen molar-refractivity contribution in [3.05, 3.63) is 96.0 Å². The Kier molecular flexibility index (Phi) is 5.30. The highest BCUT2D eigenvalue weighted by Gasteiger charge is 2.23. The van der Waals surface area contributed by atoms with Gasteiger partial charge in [-0.2, -0.15) is 0 Å². The van der Waals surface area contributed by atoms with Gasteiger partial charge in [-0.3, -0.25) is 25.1 Å². The third kappa shape index (κ3) is 3.77. The van der Waals surface area contributed by atoms with Crippen LogP contribution in [0.1, 0.15) is 21.7 Å². The van der Waals surface area contributed by atoms with E-state index in [0.29, 0.717) is 17.1 Å². The SMILES string of the molecule is N=CN(C(=N)c1cccc(NC(=O)c2cc3c(cc2F)OCc2cncn2-3)n1)c1ccccc1. The van der Waals surface area contributed by atoms with Gasteiger partial charge >= 0.3 is 0 Å². The van der Waals surface area contributed by atoms with Crippen molar-refractivity contribution >= 4 is 29.6 Å². The first-order valence-corrected chi connectivity index (χ1v) is 10.3.